The van der Waals surface area contributed by atoms with E-state index in [1.165, 1.54) is 0 Å². The molecule has 0 spiro atoms. The number of hydrogen-bond donors (Lipinski definition) is 0. The Morgan fingerprint density at radius 2 is 1.61 bits per heavy atom. The molecule has 2 fully saturated rings. The molecular weight excluding hydrogens is 422 g/mol. The number of carbonyl (C=O) groups excluding carboxylic acids is 2. The Balaban J connectivity index is 1.37. The molecule has 0 saturated carbocycles. The van der Waals surface area contributed by atoms with Crippen LogP contribution >= 0.6 is 0 Å². The minimum Gasteiger partial charge on any atom is -0.463 e. The summed E-state index contributed by atoms with van der Waals surface area (Å²) in [7, 11) is 0. The lowest BCUT2D eigenvalue weighted by atomic mass is 9.87. The second-order valence-corrected chi connectivity index (χ2v) is 8.60. The Bertz CT molecular complexity index is 1080. The van der Waals surface area contributed by atoms with Crippen LogP contribution in [0.4, 0.5) is 5.82 Å². The van der Waals surface area contributed by atoms with Gasteiger partial charge in [-0.2, -0.15) is 5.26 Å². The monoisotopic (exact) mass is 449 g/mol. The highest BCUT2D eigenvalue weighted by atomic mass is 16.5. The van der Waals surface area contributed by atoms with Gasteiger partial charge in [-0.15, -0.1) is 0 Å². The number of carbonyl (C=O) groups is 2. The highest BCUT2D eigenvalue weighted by molar-refractivity contribution is 6.35. The summed E-state index contributed by atoms with van der Waals surface area (Å²) in [4.78, 5) is 35.5. The normalized spacial score (nSPS) is 18.6. The van der Waals surface area contributed by atoms with Crippen LogP contribution in [0.15, 0.2) is 22.8 Å². The molecule has 4 heterocycles. The van der Waals surface area contributed by atoms with Crippen molar-refractivity contribution in [3.63, 3.8) is 0 Å². The van der Waals surface area contributed by atoms with Gasteiger partial charge in [0.05, 0.1) is 25.0 Å². The fourth-order valence-electron chi connectivity index (χ4n) is 4.93. The maximum Gasteiger partial charge on any atom is 0.312 e. The molecule has 172 valence electrons. The van der Waals surface area contributed by atoms with Gasteiger partial charge in [0.1, 0.15) is 17.6 Å². The van der Waals surface area contributed by atoms with Crippen LogP contribution in [0.5, 0.6) is 0 Å². The number of furan rings is 1. The molecule has 2 amide bonds. The van der Waals surface area contributed by atoms with E-state index in [4.69, 9.17) is 14.1 Å². The lowest BCUT2D eigenvalue weighted by Crippen LogP contribution is -2.55. The van der Waals surface area contributed by atoms with Crippen LogP contribution in [0.1, 0.15) is 29.5 Å². The highest BCUT2D eigenvalue weighted by Crippen LogP contribution is 2.37. The standard InChI is InChI=1S/C24H27N5O4/c25-16-19-17-4-1-2-5-18(17)21(20-6-3-13-33-20)26-22(19)27-7-9-28(10-8-27)23(30)24(31)29-11-14-32-15-12-29/h3,6,13H,1-2,4-5,7-12,14-15H2. The van der Waals surface area contributed by atoms with Crippen LogP contribution in [0.2, 0.25) is 0 Å². The summed E-state index contributed by atoms with van der Waals surface area (Å²) in [6, 6.07) is 6.15. The molecule has 9 heteroatoms. The van der Waals surface area contributed by atoms with E-state index in [0.717, 1.165) is 42.5 Å². The molecule has 0 aromatic carbocycles. The van der Waals surface area contributed by atoms with Crippen molar-refractivity contribution < 1.29 is 18.7 Å². The zero-order chi connectivity index (χ0) is 22.8. The molecule has 0 unspecified atom stereocenters. The van der Waals surface area contributed by atoms with Gasteiger partial charge in [0.25, 0.3) is 0 Å². The van der Waals surface area contributed by atoms with E-state index in [1.54, 1.807) is 16.1 Å². The van der Waals surface area contributed by atoms with Crippen LogP contribution in [0.25, 0.3) is 11.5 Å². The summed E-state index contributed by atoms with van der Waals surface area (Å²) >= 11 is 0. The molecule has 2 aliphatic heterocycles. The first-order chi connectivity index (χ1) is 16.2. The average Bonchev–Trinajstić information content (AvgIpc) is 3.42. The van der Waals surface area contributed by atoms with Crippen LogP contribution < -0.4 is 4.90 Å². The van der Waals surface area contributed by atoms with Gasteiger partial charge < -0.3 is 23.9 Å². The molecule has 2 saturated heterocycles. The molecular formula is C24H27N5O4. The van der Waals surface area contributed by atoms with Crippen molar-refractivity contribution in [2.45, 2.75) is 25.7 Å². The molecule has 1 aliphatic carbocycles. The van der Waals surface area contributed by atoms with Crippen molar-refractivity contribution >= 4 is 17.6 Å². The summed E-state index contributed by atoms with van der Waals surface area (Å²) in [6.07, 6.45) is 5.51. The third-order valence-electron chi connectivity index (χ3n) is 6.71. The second-order valence-electron chi connectivity index (χ2n) is 8.60. The van der Waals surface area contributed by atoms with E-state index in [-0.39, 0.29) is 0 Å². The second kappa shape index (κ2) is 9.24. The third kappa shape index (κ3) is 4.07. The Morgan fingerprint density at radius 1 is 0.939 bits per heavy atom. The van der Waals surface area contributed by atoms with E-state index in [9.17, 15) is 14.9 Å². The summed E-state index contributed by atoms with van der Waals surface area (Å²) in [5.74, 6) is 0.433. The number of hydrogen-bond acceptors (Lipinski definition) is 7. The smallest absolute Gasteiger partial charge is 0.312 e. The third-order valence-corrected chi connectivity index (χ3v) is 6.71. The molecule has 2 aromatic heterocycles. The first-order valence-corrected chi connectivity index (χ1v) is 11.6. The fourth-order valence-corrected chi connectivity index (χ4v) is 4.93. The van der Waals surface area contributed by atoms with Crippen LogP contribution in [-0.4, -0.2) is 79.1 Å². The number of rotatable bonds is 2. The van der Waals surface area contributed by atoms with Crippen molar-refractivity contribution in [2.75, 3.05) is 57.4 Å². The number of fused-ring (bicyclic) bond motifs is 1. The van der Waals surface area contributed by atoms with E-state index < -0.39 is 11.8 Å². The first kappa shape index (κ1) is 21.5. The van der Waals surface area contributed by atoms with Crippen molar-refractivity contribution in [3.05, 3.63) is 35.1 Å². The van der Waals surface area contributed by atoms with Crippen LogP contribution in [-0.2, 0) is 27.2 Å². The summed E-state index contributed by atoms with van der Waals surface area (Å²) < 4.78 is 10.9. The molecule has 5 rings (SSSR count). The summed E-state index contributed by atoms with van der Waals surface area (Å²) in [5.41, 5.74) is 3.62. The van der Waals surface area contributed by atoms with Crippen molar-refractivity contribution in [1.29, 1.82) is 5.26 Å². The molecule has 2 aromatic rings. The topological polar surface area (TPSA) is 103 Å². The Labute approximate surface area is 192 Å². The molecule has 9 nitrogen and oxygen atoms in total. The minimum atomic E-state index is -0.466. The fraction of sp³-hybridized carbons (Fsp3) is 0.500. The van der Waals surface area contributed by atoms with Gasteiger partial charge in [-0.1, -0.05) is 0 Å². The molecule has 33 heavy (non-hydrogen) atoms. The van der Waals surface area contributed by atoms with Gasteiger partial charge in [-0.05, 0) is 48.9 Å². The number of piperazine rings is 1. The maximum atomic E-state index is 12.8. The van der Waals surface area contributed by atoms with Crippen molar-refractivity contribution in [3.8, 4) is 17.5 Å². The predicted octanol–water partition coefficient (Wildman–Crippen LogP) is 1.60. The number of pyridine rings is 1. The van der Waals surface area contributed by atoms with E-state index >= 15 is 0 Å². The molecule has 0 atom stereocenters. The zero-order valence-electron chi connectivity index (χ0n) is 18.6. The highest BCUT2D eigenvalue weighted by Gasteiger charge is 2.32. The zero-order valence-corrected chi connectivity index (χ0v) is 18.6. The number of amides is 2. The number of aromatic nitrogens is 1. The molecule has 0 N–H and O–H groups in total. The lowest BCUT2D eigenvalue weighted by Gasteiger charge is -2.37. The SMILES string of the molecule is N#Cc1c(N2CCN(C(=O)C(=O)N3CCOCC3)CC2)nc(-c2ccco2)c2c1CCCC2. The maximum absolute atomic E-state index is 12.8. The molecule has 0 radical (unpaired) electrons. The first-order valence-electron chi connectivity index (χ1n) is 11.6. The van der Waals surface area contributed by atoms with Gasteiger partial charge in [-0.25, -0.2) is 4.98 Å². The minimum absolute atomic E-state index is 0.411. The van der Waals surface area contributed by atoms with Crippen LogP contribution in [0, 0.1) is 11.3 Å². The van der Waals surface area contributed by atoms with Gasteiger partial charge in [0.2, 0.25) is 0 Å². The Hall–Kier alpha value is -3.38. The quantitative estimate of drug-likeness (QED) is 0.642. The van der Waals surface area contributed by atoms with Gasteiger partial charge >= 0.3 is 11.8 Å². The molecule has 0 bridgehead atoms. The van der Waals surface area contributed by atoms with E-state index in [2.05, 4.69) is 11.0 Å². The van der Waals surface area contributed by atoms with Crippen molar-refractivity contribution in [2.24, 2.45) is 0 Å². The number of ether oxygens (including phenoxy) is 1. The number of anilines is 1. The lowest BCUT2D eigenvalue weighted by molar-refractivity contribution is -0.154. The van der Waals surface area contributed by atoms with Gasteiger partial charge in [0, 0.05) is 39.3 Å². The average molecular weight is 450 g/mol. The summed E-state index contributed by atoms with van der Waals surface area (Å²) in [6.45, 7) is 3.68. The van der Waals surface area contributed by atoms with E-state index in [1.807, 2.05) is 12.1 Å². The van der Waals surface area contributed by atoms with Gasteiger partial charge in [-0.3, -0.25) is 9.59 Å². The predicted molar refractivity (Wildman–Crippen MR) is 119 cm³/mol. The molecule has 3 aliphatic rings. The summed E-state index contributed by atoms with van der Waals surface area (Å²) in [5, 5.41) is 10.0. The Morgan fingerprint density at radius 3 is 2.24 bits per heavy atom. The van der Waals surface area contributed by atoms with E-state index in [0.29, 0.717) is 69.6 Å². The number of nitriles is 1. The Kier molecular flexibility index (Phi) is 6.01. The van der Waals surface area contributed by atoms with Crippen molar-refractivity contribution in [1.82, 2.24) is 14.8 Å². The number of morpholine rings is 1. The number of nitrogens with zero attached hydrogens (tertiary/aromatic N) is 5. The van der Waals surface area contributed by atoms with Gasteiger partial charge in [0.15, 0.2) is 5.76 Å². The van der Waals surface area contributed by atoms with Crippen LogP contribution in [0.3, 0.4) is 0 Å². The largest absolute Gasteiger partial charge is 0.463 e.